The van der Waals surface area contributed by atoms with Crippen molar-refractivity contribution in [2.45, 2.75) is 260 Å². The fraction of sp³-hybridized carbons (Fsp3) is 0.662. The predicted molar refractivity (Wildman–Crippen MR) is 355 cm³/mol. The van der Waals surface area contributed by atoms with Crippen molar-refractivity contribution in [3.63, 3.8) is 0 Å². The van der Waals surface area contributed by atoms with Gasteiger partial charge in [0.05, 0.1) is 24.5 Å². The number of nitrogens with zero attached hydrogens (tertiary/aromatic N) is 2. The molecule has 9 nitrogen and oxygen atoms in total. The molecule has 472 valence electrons. The number of unbranched alkanes of at least 4 members (excludes halogenated alkanes) is 18. The minimum absolute atomic E-state index is 0.111. The third-order valence-electron chi connectivity index (χ3n) is 20.8. The van der Waals surface area contributed by atoms with Gasteiger partial charge in [-0.05, 0) is 193 Å². The Morgan fingerprint density at radius 2 is 1.29 bits per heavy atom. The molecule has 86 heavy (non-hydrogen) atoms. The third kappa shape index (κ3) is 20.9. The number of ether oxygens (including phenoxy) is 4. The van der Waals surface area contributed by atoms with E-state index in [1.165, 1.54) is 178 Å². The molecule has 8 atom stereocenters. The molecule has 0 bridgehead atoms. The molecule has 3 aromatic rings. The van der Waals surface area contributed by atoms with E-state index in [2.05, 4.69) is 89.3 Å². The van der Waals surface area contributed by atoms with Crippen molar-refractivity contribution in [1.29, 1.82) is 5.26 Å². The predicted octanol–water partition coefficient (Wildman–Crippen LogP) is 20.4. The molecule has 0 heterocycles. The fourth-order valence-corrected chi connectivity index (χ4v) is 15.8. The molecule has 0 unspecified atom stereocenters. The van der Waals surface area contributed by atoms with Crippen LogP contribution in [0.1, 0.15) is 270 Å². The first-order valence-electron chi connectivity index (χ1n) is 34.9. The fourth-order valence-electron chi connectivity index (χ4n) is 15.8. The van der Waals surface area contributed by atoms with Crippen molar-refractivity contribution < 1.29 is 28.5 Å². The van der Waals surface area contributed by atoms with Gasteiger partial charge >= 0.3 is 5.97 Å². The van der Waals surface area contributed by atoms with E-state index in [9.17, 15) is 14.9 Å². The molecule has 7 rings (SSSR count). The van der Waals surface area contributed by atoms with E-state index in [0.717, 1.165) is 96.5 Å². The summed E-state index contributed by atoms with van der Waals surface area (Å²) in [4.78, 5) is 25.9. The van der Waals surface area contributed by atoms with Gasteiger partial charge in [0.25, 0.3) is 5.91 Å². The third-order valence-corrected chi connectivity index (χ3v) is 20.8. The second-order valence-corrected chi connectivity index (χ2v) is 27.6. The number of nitrogens with one attached hydrogen (secondary N) is 1. The van der Waals surface area contributed by atoms with Crippen molar-refractivity contribution in [2.24, 2.45) is 51.4 Å². The van der Waals surface area contributed by atoms with Gasteiger partial charge in [-0.15, -0.1) is 0 Å². The van der Waals surface area contributed by atoms with Gasteiger partial charge in [-0.25, -0.2) is 10.2 Å². The van der Waals surface area contributed by atoms with Gasteiger partial charge in [-0.3, -0.25) is 4.79 Å². The highest BCUT2D eigenvalue weighted by Gasteiger charge is 2.59. The van der Waals surface area contributed by atoms with Crippen LogP contribution in [0.25, 0.3) is 11.6 Å². The Bertz CT molecular complexity index is 2630. The Morgan fingerprint density at radius 1 is 0.674 bits per heavy atom. The van der Waals surface area contributed by atoms with Crippen molar-refractivity contribution in [3.8, 4) is 23.3 Å². The van der Waals surface area contributed by atoms with Crippen LogP contribution in [0.15, 0.2) is 83.5 Å². The Balaban J connectivity index is 0.809. The van der Waals surface area contributed by atoms with Crippen LogP contribution in [0, 0.1) is 57.7 Å². The first kappa shape index (κ1) is 68.1. The number of esters is 1. The maximum atomic E-state index is 13.1. The molecule has 4 aliphatic carbocycles. The molecule has 1 N–H and O–H groups in total. The van der Waals surface area contributed by atoms with Crippen LogP contribution >= 0.6 is 0 Å². The minimum Gasteiger partial charge on any atom is -0.493 e. The van der Waals surface area contributed by atoms with E-state index < -0.39 is 5.91 Å². The minimum atomic E-state index is -0.410. The number of carbonyl (C=O) groups is 2. The van der Waals surface area contributed by atoms with Gasteiger partial charge < -0.3 is 18.9 Å². The number of benzene rings is 3. The van der Waals surface area contributed by atoms with Crippen molar-refractivity contribution in [2.75, 3.05) is 19.8 Å². The molecule has 0 aromatic heterocycles. The van der Waals surface area contributed by atoms with Crippen molar-refractivity contribution >= 4 is 29.7 Å². The van der Waals surface area contributed by atoms with Crippen LogP contribution in [0.3, 0.4) is 0 Å². The van der Waals surface area contributed by atoms with Crippen LogP contribution in [-0.4, -0.2) is 44.0 Å². The summed E-state index contributed by atoms with van der Waals surface area (Å²) < 4.78 is 24.2. The molecule has 3 saturated carbocycles. The second-order valence-electron chi connectivity index (χ2n) is 27.6. The maximum Gasteiger partial charge on any atom is 0.344 e. The highest BCUT2D eigenvalue weighted by molar-refractivity contribution is 5.90. The second kappa shape index (κ2) is 36.2. The lowest BCUT2D eigenvalue weighted by Gasteiger charge is -2.58. The smallest absolute Gasteiger partial charge is 0.344 e. The molecule has 0 spiro atoms. The zero-order valence-electron chi connectivity index (χ0n) is 54.7. The van der Waals surface area contributed by atoms with Crippen LogP contribution in [-0.2, 0) is 20.7 Å². The van der Waals surface area contributed by atoms with Crippen LogP contribution in [0.5, 0.6) is 17.2 Å². The summed E-state index contributed by atoms with van der Waals surface area (Å²) in [5, 5.41) is 14.4. The summed E-state index contributed by atoms with van der Waals surface area (Å²) in [6.07, 6.45) is 46.6. The monoisotopic (exact) mass is 1180 g/mol. The number of nitriles is 1. The number of amides is 1. The first-order chi connectivity index (χ1) is 41.8. The summed E-state index contributed by atoms with van der Waals surface area (Å²) in [5.74, 6) is 6.07. The highest BCUT2D eigenvalue weighted by atomic mass is 16.6. The molecule has 4 aliphatic rings. The van der Waals surface area contributed by atoms with E-state index >= 15 is 0 Å². The standard InChI is InChI=1S/C77H113N3O6/c1-8-10-12-14-16-18-20-22-24-26-31-63-35-32-61(52-73(63)83-50-27-25-23-21-19-17-15-13-11-9-2)51-64(54-78)62-36-41-67(42-37-62)84-56-74(81)80-79-55-60-33-39-66(40-34-60)85-57-75(82)86-68-46-48-76(6)65(53-68)38-43-69-71-45-44-70(59(5)30-28-29-58(3)4)77(71,7)49-47-72(69)76/h32-42,51-52,55,58-59,68-72H,8-31,43-50,53,56-57H2,1-7H3,(H,80,81)/b64-51+,79-55+/t59-,68+,69+,70-,71+,72+,76+,77-/m1/s1. The number of allylic oxidation sites excluding steroid dienone is 2. The summed E-state index contributed by atoms with van der Waals surface area (Å²) in [6, 6.07) is 23.2. The highest BCUT2D eigenvalue weighted by Crippen LogP contribution is 2.67. The Morgan fingerprint density at radius 3 is 1.94 bits per heavy atom. The summed E-state index contributed by atoms with van der Waals surface area (Å²) in [7, 11) is 0. The number of hydrogen-bond donors (Lipinski definition) is 1. The normalized spacial score (nSPS) is 23.0. The lowest BCUT2D eigenvalue weighted by molar-refractivity contribution is -0.154. The van der Waals surface area contributed by atoms with Crippen LogP contribution in [0.4, 0.5) is 0 Å². The molecule has 0 radical (unpaired) electrons. The number of rotatable bonds is 39. The topological polar surface area (TPSA) is 119 Å². The SMILES string of the molecule is CCCCCCCCCCCCOc1cc(/C=C(\C#N)c2ccc(OCC(=O)N/N=C/c3ccc(OCC(=O)O[C@H]4CC[C@@]5(C)C(=CC[C@H]6[C@@H]7CC[C@H]([C@H](C)CCCC(C)C)[C@@]7(C)CC[C@@H]65)C4)cc3)cc2)ccc1CCCCCCCCCCCC. The molecule has 3 aromatic carbocycles. The first-order valence-corrected chi connectivity index (χ1v) is 34.9. The molecule has 0 aliphatic heterocycles. The van der Waals surface area contributed by atoms with E-state index in [0.29, 0.717) is 29.1 Å². The van der Waals surface area contributed by atoms with Gasteiger partial charge in [0.1, 0.15) is 23.4 Å². The summed E-state index contributed by atoms with van der Waals surface area (Å²) in [5.41, 5.74) is 8.96. The molecule has 9 heteroatoms. The zero-order valence-corrected chi connectivity index (χ0v) is 54.7. The number of aryl methyl sites for hydroxylation is 1. The quantitative estimate of drug-likeness (QED) is 0.0115. The van der Waals surface area contributed by atoms with Crippen molar-refractivity contribution in [1.82, 2.24) is 5.43 Å². The lowest BCUT2D eigenvalue weighted by atomic mass is 9.47. The summed E-state index contributed by atoms with van der Waals surface area (Å²) >= 11 is 0. The van der Waals surface area contributed by atoms with Gasteiger partial charge in [-0.2, -0.15) is 10.4 Å². The van der Waals surface area contributed by atoms with Gasteiger partial charge in [-0.1, -0.05) is 207 Å². The Kier molecular flexibility index (Phi) is 28.7. The molecule has 3 fully saturated rings. The number of carbonyl (C=O) groups excluding carboxylic acids is 2. The average molecular weight is 1180 g/mol. The van der Waals surface area contributed by atoms with Crippen LogP contribution < -0.4 is 19.6 Å². The average Bonchev–Trinajstić information content (AvgIpc) is 2.05. The molecule has 0 saturated heterocycles. The van der Waals surface area contributed by atoms with Gasteiger partial charge in [0.15, 0.2) is 13.2 Å². The van der Waals surface area contributed by atoms with Gasteiger partial charge in [0.2, 0.25) is 0 Å². The van der Waals surface area contributed by atoms with Crippen molar-refractivity contribution in [3.05, 3.63) is 101 Å². The number of hydrazone groups is 1. The Hall–Kier alpha value is -5.36. The van der Waals surface area contributed by atoms with Gasteiger partial charge in [0, 0.05) is 6.42 Å². The number of hydrogen-bond acceptors (Lipinski definition) is 8. The molecular weight excluding hydrogens is 1060 g/mol. The van der Waals surface area contributed by atoms with E-state index in [-0.39, 0.29) is 30.7 Å². The molecular formula is C77H113N3O6. The number of fused-ring (bicyclic) bond motifs is 5. The largest absolute Gasteiger partial charge is 0.493 e. The summed E-state index contributed by atoms with van der Waals surface area (Å²) in [6.45, 7) is 17.3. The zero-order chi connectivity index (χ0) is 61.0. The van der Waals surface area contributed by atoms with E-state index in [1.807, 2.05) is 30.3 Å². The van der Waals surface area contributed by atoms with E-state index in [4.69, 9.17) is 18.9 Å². The van der Waals surface area contributed by atoms with E-state index in [1.54, 1.807) is 30.5 Å². The maximum absolute atomic E-state index is 13.1. The lowest BCUT2D eigenvalue weighted by Crippen LogP contribution is -2.51. The Labute approximate surface area is 521 Å². The molecule has 1 amide bonds. The van der Waals surface area contributed by atoms with Crippen LogP contribution in [0.2, 0.25) is 0 Å².